The molecule has 0 spiro atoms. The highest BCUT2D eigenvalue weighted by molar-refractivity contribution is 7.13. The van der Waals surface area contributed by atoms with E-state index in [-0.39, 0.29) is 70.1 Å². The van der Waals surface area contributed by atoms with Crippen molar-refractivity contribution in [3.63, 3.8) is 0 Å². The molecule has 1 aromatic carbocycles. The molecule has 0 bridgehead atoms. The van der Waals surface area contributed by atoms with Gasteiger partial charge in [-0.2, -0.15) is 0 Å². The van der Waals surface area contributed by atoms with Crippen LogP contribution in [-0.2, 0) is 49.3 Å². The van der Waals surface area contributed by atoms with Crippen molar-refractivity contribution >= 4 is 53.9 Å². The number of nitrogens with zero attached hydrogens (tertiary/aromatic N) is 2. The summed E-state index contributed by atoms with van der Waals surface area (Å²) in [6, 6.07) is 6.05. The van der Waals surface area contributed by atoms with Gasteiger partial charge in [0.05, 0.1) is 94.9 Å². The van der Waals surface area contributed by atoms with Gasteiger partial charge in [0.25, 0.3) is 0 Å². The van der Waals surface area contributed by atoms with Gasteiger partial charge in [-0.15, -0.1) is 36.2 Å². The van der Waals surface area contributed by atoms with Gasteiger partial charge in [-0.3, -0.25) is 14.4 Å². The first-order valence-corrected chi connectivity index (χ1v) is 18.6. The number of aromatic nitrogens is 1. The Labute approximate surface area is 335 Å². The molecule has 18 heteroatoms. The van der Waals surface area contributed by atoms with Crippen LogP contribution in [0, 0.1) is 12.3 Å². The van der Waals surface area contributed by atoms with Crippen LogP contribution >= 0.6 is 36.2 Å². The molecular weight excluding hydrogens is 765 g/mol. The first-order valence-electron chi connectivity index (χ1n) is 17.7. The van der Waals surface area contributed by atoms with Crippen LogP contribution in [0.4, 0.5) is 0 Å². The molecule has 54 heavy (non-hydrogen) atoms. The van der Waals surface area contributed by atoms with E-state index in [2.05, 4.69) is 15.6 Å². The van der Waals surface area contributed by atoms with Crippen LogP contribution < -0.4 is 16.4 Å². The fourth-order valence-corrected chi connectivity index (χ4v) is 6.14. The maximum atomic E-state index is 13.8. The summed E-state index contributed by atoms with van der Waals surface area (Å²) in [6.45, 7) is 12.5. The third kappa shape index (κ3) is 18.0. The molecule has 5 N–H and O–H groups in total. The predicted octanol–water partition coefficient (Wildman–Crippen LogP) is 2.13. The van der Waals surface area contributed by atoms with E-state index in [9.17, 15) is 19.5 Å². The Morgan fingerprint density at radius 2 is 1.41 bits per heavy atom. The maximum Gasteiger partial charge on any atom is 0.246 e. The topological polar surface area (TPSA) is 193 Å². The second-order valence-corrected chi connectivity index (χ2v) is 14.2. The van der Waals surface area contributed by atoms with E-state index in [1.165, 1.54) is 4.90 Å². The summed E-state index contributed by atoms with van der Waals surface area (Å²) in [6.07, 6.45) is -0.751. The van der Waals surface area contributed by atoms with Crippen LogP contribution in [0.2, 0.25) is 0 Å². The summed E-state index contributed by atoms with van der Waals surface area (Å²) in [4.78, 5) is 46.7. The number of hydrogen-bond acceptors (Lipinski definition) is 13. The van der Waals surface area contributed by atoms with E-state index >= 15 is 0 Å². The fraction of sp³-hybridized carbons (Fsp3) is 0.667. The zero-order chi connectivity index (χ0) is 37.8. The molecule has 1 aromatic heterocycles. The average molecular weight is 825 g/mol. The molecule has 2 aromatic rings. The molecule has 3 atom stereocenters. The van der Waals surface area contributed by atoms with Gasteiger partial charge in [-0.05, 0) is 23.5 Å². The Morgan fingerprint density at radius 1 is 0.889 bits per heavy atom. The number of thiazole rings is 1. The lowest BCUT2D eigenvalue weighted by molar-refractivity contribution is -0.144. The van der Waals surface area contributed by atoms with Gasteiger partial charge in [0.15, 0.2) is 0 Å². The van der Waals surface area contributed by atoms with Crippen molar-refractivity contribution in [2.75, 3.05) is 92.4 Å². The Hall–Kier alpha value is -2.48. The second-order valence-electron chi connectivity index (χ2n) is 13.3. The molecule has 0 saturated carbocycles. The number of hydrogen-bond donors (Lipinski definition) is 4. The summed E-state index contributed by atoms with van der Waals surface area (Å²) in [5, 5.41) is 16.2. The van der Waals surface area contributed by atoms with Gasteiger partial charge in [-0.25, -0.2) is 4.98 Å². The Bertz CT molecular complexity index is 1350. The zero-order valence-electron chi connectivity index (χ0n) is 31.8. The average Bonchev–Trinajstić information content (AvgIpc) is 3.73. The number of nitrogens with one attached hydrogen (secondary N) is 2. The molecule has 1 fully saturated rings. The summed E-state index contributed by atoms with van der Waals surface area (Å²) >= 11 is 1.57. The minimum absolute atomic E-state index is 0. The number of likely N-dealkylation sites (tertiary alicyclic amines) is 1. The highest BCUT2D eigenvalue weighted by atomic mass is 35.5. The summed E-state index contributed by atoms with van der Waals surface area (Å²) < 4.78 is 32.4. The van der Waals surface area contributed by atoms with E-state index in [1.807, 2.05) is 57.5 Å². The van der Waals surface area contributed by atoms with E-state index in [0.29, 0.717) is 66.0 Å². The van der Waals surface area contributed by atoms with Gasteiger partial charge >= 0.3 is 0 Å². The van der Waals surface area contributed by atoms with Crippen LogP contribution in [0.15, 0.2) is 29.8 Å². The first-order chi connectivity index (χ1) is 25.0. The molecule has 3 amide bonds. The number of aryl methyl sites for hydroxylation is 1. The number of amides is 3. The highest BCUT2D eigenvalue weighted by Crippen LogP contribution is 2.28. The molecule has 3 rings (SSSR count). The summed E-state index contributed by atoms with van der Waals surface area (Å²) in [5.41, 5.74) is 9.39. The quantitative estimate of drug-likeness (QED) is 0.107. The van der Waals surface area contributed by atoms with Crippen molar-refractivity contribution < 1.29 is 47.9 Å². The van der Waals surface area contributed by atoms with Gasteiger partial charge in [0, 0.05) is 26.1 Å². The first kappa shape index (κ1) is 49.5. The van der Waals surface area contributed by atoms with E-state index in [0.717, 1.165) is 21.7 Å². The smallest absolute Gasteiger partial charge is 0.246 e. The SMILES string of the molecule is Cc1ncsc1-c1ccc(CNC(=O)[C@@H]2C[C@@H](O)CN2C(=O)[C@@H](NC(=O)COCCOCCOCCOCCOCCOCCN)C(C)(C)C)cc1.Cl.Cl. The molecule has 0 aliphatic carbocycles. The molecule has 15 nitrogen and oxygen atoms in total. The van der Waals surface area contributed by atoms with Crippen molar-refractivity contribution in [3.05, 3.63) is 41.0 Å². The number of β-amino-alcohol motifs (C(OH)–C–C–N with tert-alkyl or cyclic N) is 1. The molecule has 1 aliphatic heterocycles. The van der Waals surface area contributed by atoms with Crippen LogP contribution in [0.5, 0.6) is 0 Å². The normalized spacial score (nSPS) is 16.0. The van der Waals surface area contributed by atoms with Crippen LogP contribution in [0.1, 0.15) is 38.4 Å². The number of ether oxygens (including phenoxy) is 6. The van der Waals surface area contributed by atoms with Gasteiger partial charge in [0.1, 0.15) is 18.7 Å². The van der Waals surface area contributed by atoms with Crippen LogP contribution in [-0.4, -0.2) is 143 Å². The monoisotopic (exact) mass is 823 g/mol. The molecular formula is C36H59Cl2N5O10S. The number of carbonyl (C=O) groups is 3. The number of rotatable bonds is 25. The van der Waals surface area contributed by atoms with Crippen LogP contribution in [0.25, 0.3) is 10.4 Å². The highest BCUT2D eigenvalue weighted by Gasteiger charge is 2.44. The zero-order valence-corrected chi connectivity index (χ0v) is 34.2. The van der Waals surface area contributed by atoms with Crippen LogP contribution in [0.3, 0.4) is 0 Å². The molecule has 308 valence electrons. The van der Waals surface area contributed by atoms with E-state index < -0.39 is 35.4 Å². The van der Waals surface area contributed by atoms with Crippen molar-refractivity contribution in [1.29, 1.82) is 0 Å². The minimum atomic E-state index is -0.946. The summed E-state index contributed by atoms with van der Waals surface area (Å²) in [7, 11) is 0. The number of aliphatic hydroxyl groups is 1. The van der Waals surface area contributed by atoms with E-state index in [4.69, 9.17) is 34.2 Å². The van der Waals surface area contributed by atoms with Gasteiger partial charge in [-0.1, -0.05) is 45.0 Å². The standard InChI is InChI=1S/C36H57N5O10S.2ClH/c1-26-32(52-25-39-26)28-7-5-27(6-8-28)22-38-34(44)30-21-29(42)23-41(30)35(45)33(36(2,3)4)40-31(43)24-51-20-19-50-18-17-49-16-15-48-14-13-47-12-11-46-10-9-37;;/h5-8,25,29-30,33,42H,9-24,37H2,1-4H3,(H,38,44)(H,40,43);2*1H/t29-,30+,33-;;/m1../s1. The van der Waals surface area contributed by atoms with E-state index in [1.54, 1.807) is 11.3 Å². The lowest BCUT2D eigenvalue weighted by Gasteiger charge is -2.35. The number of aliphatic hydroxyl groups excluding tert-OH is 1. The number of benzene rings is 1. The molecule has 0 radical (unpaired) electrons. The Balaban J connectivity index is 0.00000729. The fourth-order valence-electron chi connectivity index (χ4n) is 5.33. The number of halogens is 2. The van der Waals surface area contributed by atoms with Crippen molar-refractivity contribution in [3.8, 4) is 10.4 Å². The minimum Gasteiger partial charge on any atom is -0.391 e. The molecule has 1 saturated heterocycles. The van der Waals surface area contributed by atoms with Gasteiger partial charge in [0.2, 0.25) is 17.7 Å². The molecule has 2 heterocycles. The second kappa shape index (κ2) is 27.2. The predicted molar refractivity (Wildman–Crippen MR) is 210 cm³/mol. The third-order valence-corrected chi connectivity index (χ3v) is 9.04. The largest absolute Gasteiger partial charge is 0.391 e. The van der Waals surface area contributed by atoms with Gasteiger partial charge < -0.3 is 54.8 Å². The third-order valence-electron chi connectivity index (χ3n) is 8.07. The Morgan fingerprint density at radius 3 is 1.89 bits per heavy atom. The summed E-state index contributed by atoms with van der Waals surface area (Å²) in [5.74, 6) is -1.27. The number of carbonyl (C=O) groups excluding carboxylic acids is 3. The maximum absolute atomic E-state index is 13.8. The van der Waals surface area contributed by atoms with Crippen molar-refractivity contribution in [2.45, 2.75) is 58.8 Å². The number of nitrogens with two attached hydrogens (primary N) is 1. The van der Waals surface area contributed by atoms with Crippen molar-refractivity contribution in [1.82, 2.24) is 20.5 Å². The molecule has 1 aliphatic rings. The van der Waals surface area contributed by atoms with Crippen molar-refractivity contribution in [2.24, 2.45) is 11.1 Å². The lowest BCUT2D eigenvalue weighted by Crippen LogP contribution is -2.58. The lowest BCUT2D eigenvalue weighted by atomic mass is 9.85. The Kier molecular flexibility index (Phi) is 24.9. The molecule has 0 unspecified atom stereocenters.